The van der Waals surface area contributed by atoms with Crippen LogP contribution in [0.5, 0.6) is 17.2 Å². The summed E-state index contributed by atoms with van der Waals surface area (Å²) in [5, 5.41) is 8.98. The van der Waals surface area contributed by atoms with Gasteiger partial charge in [0.15, 0.2) is 24.1 Å². The minimum atomic E-state index is -4.23. The molecular weight excluding hydrogens is 312 g/mol. The van der Waals surface area contributed by atoms with E-state index < -0.39 is 23.0 Å². The lowest BCUT2D eigenvalue weighted by Gasteiger charge is -2.10. The Morgan fingerprint density at radius 2 is 1.82 bits per heavy atom. The number of carbonyl (C=O) groups excluding carboxylic acids is 1. The number of aliphatic hydroxyl groups excluding tert-OH is 1. The maximum atomic E-state index is 12.5. The van der Waals surface area contributed by atoms with Gasteiger partial charge in [-0.15, -0.1) is 8.42 Å². The lowest BCUT2D eigenvalue weighted by atomic mass is 10.0. The van der Waals surface area contributed by atoms with Gasteiger partial charge < -0.3 is 18.2 Å². The van der Waals surface area contributed by atoms with Gasteiger partial charge in [0.05, 0.1) is 5.56 Å². The molecule has 2 aromatic rings. The number of ether oxygens (including phenoxy) is 1. The maximum Gasteiger partial charge on any atom is 0.501 e. The van der Waals surface area contributed by atoms with Gasteiger partial charge in [0.1, 0.15) is 0 Å². The van der Waals surface area contributed by atoms with E-state index in [9.17, 15) is 13.2 Å². The highest BCUT2D eigenvalue weighted by Gasteiger charge is 2.34. The molecule has 1 heterocycles. The number of rotatable bonds is 4. The van der Waals surface area contributed by atoms with Crippen LogP contribution in [0.15, 0.2) is 42.5 Å². The summed E-state index contributed by atoms with van der Waals surface area (Å²) in [7, 11) is -4.23. The largest absolute Gasteiger partial charge is 0.501 e. The van der Waals surface area contributed by atoms with Crippen molar-refractivity contribution in [2.75, 3.05) is 6.79 Å². The van der Waals surface area contributed by atoms with Crippen molar-refractivity contribution in [2.24, 2.45) is 0 Å². The molecule has 3 rings (SSSR count). The summed E-state index contributed by atoms with van der Waals surface area (Å²) < 4.78 is 36.9. The first-order chi connectivity index (χ1) is 10.5. The summed E-state index contributed by atoms with van der Waals surface area (Å²) in [5.41, 5.74) is 0.437. The SMILES string of the molecule is O=C(c1ccccc1)c1ccc2c(c1OCO)OS(=O)(=O)O2. The van der Waals surface area contributed by atoms with Crippen LogP contribution in [-0.2, 0) is 10.4 Å². The third-order valence-electron chi connectivity index (χ3n) is 2.94. The number of fused-ring (bicyclic) bond motifs is 1. The van der Waals surface area contributed by atoms with E-state index in [1.54, 1.807) is 30.3 Å². The van der Waals surface area contributed by atoms with E-state index in [4.69, 9.17) is 9.84 Å². The van der Waals surface area contributed by atoms with E-state index in [0.29, 0.717) is 5.56 Å². The Kier molecular flexibility index (Phi) is 3.47. The summed E-state index contributed by atoms with van der Waals surface area (Å²) in [6, 6.07) is 11.0. The molecule has 0 aromatic heterocycles. The van der Waals surface area contributed by atoms with Crippen LogP contribution in [0.2, 0.25) is 0 Å². The Hall–Kier alpha value is -2.58. The van der Waals surface area contributed by atoms with Crippen molar-refractivity contribution < 1.29 is 31.4 Å². The smallest absolute Gasteiger partial charge is 0.463 e. The molecule has 22 heavy (non-hydrogen) atoms. The third kappa shape index (κ3) is 2.49. The zero-order valence-electron chi connectivity index (χ0n) is 11.1. The zero-order chi connectivity index (χ0) is 15.7. The molecule has 0 saturated carbocycles. The highest BCUT2D eigenvalue weighted by atomic mass is 32.3. The van der Waals surface area contributed by atoms with E-state index in [1.165, 1.54) is 12.1 Å². The molecule has 7 nitrogen and oxygen atoms in total. The fourth-order valence-electron chi connectivity index (χ4n) is 2.05. The second-order valence-corrected chi connectivity index (χ2v) is 5.46. The maximum absolute atomic E-state index is 12.5. The van der Waals surface area contributed by atoms with Crippen molar-refractivity contribution in [3.63, 3.8) is 0 Å². The first-order valence-electron chi connectivity index (χ1n) is 6.16. The van der Waals surface area contributed by atoms with E-state index >= 15 is 0 Å². The van der Waals surface area contributed by atoms with Crippen LogP contribution in [0.25, 0.3) is 0 Å². The van der Waals surface area contributed by atoms with E-state index in [-0.39, 0.29) is 22.8 Å². The Labute approximate surface area is 126 Å². The average Bonchev–Trinajstić information content (AvgIpc) is 2.82. The number of benzene rings is 2. The molecule has 1 aliphatic rings. The molecule has 0 atom stereocenters. The molecule has 114 valence electrons. The van der Waals surface area contributed by atoms with Gasteiger partial charge in [-0.05, 0) is 12.1 Å². The second kappa shape index (κ2) is 5.32. The summed E-state index contributed by atoms with van der Waals surface area (Å²) in [6.07, 6.45) is 0. The Morgan fingerprint density at radius 3 is 2.50 bits per heavy atom. The normalized spacial score (nSPS) is 14.6. The van der Waals surface area contributed by atoms with Crippen molar-refractivity contribution in [2.45, 2.75) is 0 Å². The fraction of sp³-hybridized carbons (Fsp3) is 0.0714. The number of carbonyl (C=O) groups is 1. The molecule has 0 radical (unpaired) electrons. The van der Waals surface area contributed by atoms with Crippen LogP contribution in [-0.4, -0.2) is 26.1 Å². The Morgan fingerprint density at radius 1 is 1.09 bits per heavy atom. The standard InChI is InChI=1S/C14H10O7S/c15-8-19-13-10(12(16)9-4-2-1-3-5-9)6-7-11-14(13)21-22(17,18)20-11/h1-7,15H,8H2. The number of ketones is 1. The predicted molar refractivity (Wildman–Crippen MR) is 74.2 cm³/mol. The van der Waals surface area contributed by atoms with E-state index in [1.807, 2.05) is 0 Å². The third-order valence-corrected chi connectivity index (χ3v) is 3.70. The molecule has 0 aliphatic carbocycles. The number of hydrogen-bond donors (Lipinski definition) is 1. The minimum Gasteiger partial charge on any atom is -0.463 e. The van der Waals surface area contributed by atoms with Gasteiger partial charge in [-0.2, -0.15) is 0 Å². The lowest BCUT2D eigenvalue weighted by molar-refractivity contribution is 0.0923. The van der Waals surface area contributed by atoms with Gasteiger partial charge in [0, 0.05) is 5.56 Å². The molecule has 0 saturated heterocycles. The van der Waals surface area contributed by atoms with Crippen LogP contribution in [0.4, 0.5) is 0 Å². The fourth-order valence-corrected chi connectivity index (χ4v) is 2.80. The highest BCUT2D eigenvalue weighted by molar-refractivity contribution is 7.82. The molecule has 8 heteroatoms. The first-order valence-corrected chi connectivity index (χ1v) is 7.49. The van der Waals surface area contributed by atoms with Crippen molar-refractivity contribution in [1.82, 2.24) is 0 Å². The summed E-state index contributed by atoms with van der Waals surface area (Å²) in [6.45, 7) is -0.755. The molecule has 0 unspecified atom stereocenters. The lowest BCUT2D eigenvalue weighted by Crippen LogP contribution is -2.09. The molecule has 0 fully saturated rings. The summed E-state index contributed by atoms with van der Waals surface area (Å²) in [5.74, 6) is -0.946. The Bertz CT molecular complexity index is 828. The van der Waals surface area contributed by atoms with Crippen molar-refractivity contribution in [3.8, 4) is 17.2 Å². The van der Waals surface area contributed by atoms with Crippen molar-refractivity contribution in [1.29, 1.82) is 0 Å². The van der Waals surface area contributed by atoms with Crippen LogP contribution in [0.1, 0.15) is 15.9 Å². The second-order valence-electron chi connectivity index (χ2n) is 4.31. The monoisotopic (exact) mass is 322 g/mol. The molecular formula is C14H10O7S. The minimum absolute atomic E-state index is 0.0553. The van der Waals surface area contributed by atoms with Gasteiger partial charge in [-0.1, -0.05) is 30.3 Å². The molecule has 1 N–H and O–H groups in total. The summed E-state index contributed by atoms with van der Waals surface area (Å²) >= 11 is 0. The van der Waals surface area contributed by atoms with Gasteiger partial charge in [0.25, 0.3) is 0 Å². The summed E-state index contributed by atoms with van der Waals surface area (Å²) in [4.78, 5) is 12.5. The quantitative estimate of drug-likeness (QED) is 0.668. The van der Waals surface area contributed by atoms with Gasteiger partial charge in [-0.25, -0.2) is 0 Å². The van der Waals surface area contributed by atoms with Crippen molar-refractivity contribution >= 4 is 16.2 Å². The molecule has 0 amide bonds. The molecule has 0 bridgehead atoms. The van der Waals surface area contributed by atoms with Crippen LogP contribution in [0, 0.1) is 0 Å². The van der Waals surface area contributed by atoms with E-state index in [0.717, 1.165) is 0 Å². The van der Waals surface area contributed by atoms with Crippen LogP contribution >= 0.6 is 0 Å². The molecule has 2 aromatic carbocycles. The van der Waals surface area contributed by atoms with Gasteiger partial charge in [-0.3, -0.25) is 4.79 Å². The molecule has 0 spiro atoms. The zero-order valence-corrected chi connectivity index (χ0v) is 11.9. The number of hydrogen-bond acceptors (Lipinski definition) is 7. The van der Waals surface area contributed by atoms with Crippen LogP contribution < -0.4 is 13.1 Å². The van der Waals surface area contributed by atoms with Gasteiger partial charge >= 0.3 is 10.4 Å². The first kappa shape index (κ1) is 14.4. The topological polar surface area (TPSA) is 99.1 Å². The van der Waals surface area contributed by atoms with E-state index in [2.05, 4.69) is 8.37 Å². The van der Waals surface area contributed by atoms with Gasteiger partial charge in [0.2, 0.25) is 5.75 Å². The predicted octanol–water partition coefficient (Wildman–Crippen LogP) is 1.26. The van der Waals surface area contributed by atoms with Crippen LogP contribution in [0.3, 0.4) is 0 Å². The Balaban J connectivity index is 2.12. The molecule has 1 aliphatic heterocycles. The average molecular weight is 322 g/mol. The number of aliphatic hydroxyl groups is 1. The highest BCUT2D eigenvalue weighted by Crippen LogP contribution is 2.46. The van der Waals surface area contributed by atoms with Crippen molar-refractivity contribution in [3.05, 3.63) is 53.6 Å².